The fourth-order valence-corrected chi connectivity index (χ4v) is 4.70. The Balaban J connectivity index is 1.73. The fourth-order valence-electron chi connectivity index (χ4n) is 4.37. The minimum Gasteiger partial charge on any atom is -0.351 e. The van der Waals surface area contributed by atoms with E-state index in [1.54, 1.807) is 28.9 Å². The van der Waals surface area contributed by atoms with Crippen molar-refractivity contribution in [3.05, 3.63) is 52.6 Å². The number of amides is 1. The van der Waals surface area contributed by atoms with Gasteiger partial charge in [-0.2, -0.15) is 0 Å². The number of carbonyl (C=O) groups excluding carboxylic acids is 1. The summed E-state index contributed by atoms with van der Waals surface area (Å²) >= 11 is 1.47. The van der Waals surface area contributed by atoms with Crippen LogP contribution in [0.4, 0.5) is 11.5 Å². The molecule has 7 nitrogen and oxygen atoms in total. The standard InChI is InChI=1S/C21H21N5O2S/c1-24-10-8-13-5-3-7-16(17(13)20(24)28)26-12-14-6-4-9-25(14)18-15(19(26)27)11-22-21(23-18)29-2/h3,5,7-8,10-11,14H,4,6,9,12H2,1-2H3/t14-/m0/s1. The normalized spacial score (nSPS) is 18.7. The average Bonchev–Trinajstić information content (AvgIpc) is 3.17. The van der Waals surface area contributed by atoms with Crippen molar-refractivity contribution in [1.29, 1.82) is 0 Å². The van der Waals surface area contributed by atoms with Crippen molar-refractivity contribution in [1.82, 2.24) is 14.5 Å². The van der Waals surface area contributed by atoms with Crippen molar-refractivity contribution in [3.8, 4) is 0 Å². The second kappa shape index (κ2) is 6.88. The van der Waals surface area contributed by atoms with Crippen molar-refractivity contribution in [3.63, 3.8) is 0 Å². The van der Waals surface area contributed by atoms with Gasteiger partial charge >= 0.3 is 0 Å². The highest BCUT2D eigenvalue weighted by Crippen LogP contribution is 2.35. The summed E-state index contributed by atoms with van der Waals surface area (Å²) in [4.78, 5) is 39.5. The highest BCUT2D eigenvalue weighted by molar-refractivity contribution is 7.98. The Morgan fingerprint density at radius 1 is 1.21 bits per heavy atom. The SMILES string of the molecule is CSc1ncc2c(n1)N1CCC[C@H]1CN(c1cccc3ccn(C)c(=O)c13)C2=O. The van der Waals surface area contributed by atoms with Gasteiger partial charge in [-0.25, -0.2) is 9.97 Å². The Hall–Kier alpha value is -2.87. The first-order valence-corrected chi connectivity index (χ1v) is 10.9. The van der Waals surface area contributed by atoms with Crippen LogP contribution in [-0.4, -0.2) is 45.8 Å². The molecule has 0 spiro atoms. The molecular formula is C21H21N5O2S. The van der Waals surface area contributed by atoms with Gasteiger partial charge in [0, 0.05) is 38.6 Å². The van der Waals surface area contributed by atoms with Gasteiger partial charge in [-0.1, -0.05) is 23.9 Å². The molecule has 0 radical (unpaired) electrons. The maximum absolute atomic E-state index is 13.6. The maximum atomic E-state index is 13.6. The van der Waals surface area contributed by atoms with Crippen molar-refractivity contribution < 1.29 is 4.79 Å². The van der Waals surface area contributed by atoms with E-state index in [4.69, 9.17) is 0 Å². The predicted molar refractivity (Wildman–Crippen MR) is 115 cm³/mol. The molecule has 2 aliphatic heterocycles. The van der Waals surface area contributed by atoms with Crippen LogP contribution in [0, 0.1) is 0 Å². The first-order chi connectivity index (χ1) is 14.1. The number of aryl methyl sites for hydroxylation is 1. The van der Waals surface area contributed by atoms with E-state index in [9.17, 15) is 9.59 Å². The topological polar surface area (TPSA) is 71.3 Å². The number of benzene rings is 1. The Morgan fingerprint density at radius 2 is 2.07 bits per heavy atom. The molecule has 0 unspecified atom stereocenters. The number of thioether (sulfide) groups is 1. The van der Waals surface area contributed by atoms with E-state index in [0.717, 1.165) is 24.8 Å². The van der Waals surface area contributed by atoms with E-state index < -0.39 is 0 Å². The van der Waals surface area contributed by atoms with E-state index in [0.29, 0.717) is 34.2 Å². The molecule has 1 aromatic carbocycles. The number of hydrogen-bond donors (Lipinski definition) is 0. The van der Waals surface area contributed by atoms with Crippen LogP contribution in [0.3, 0.4) is 0 Å². The zero-order valence-corrected chi connectivity index (χ0v) is 17.1. The molecule has 29 heavy (non-hydrogen) atoms. The Labute approximate surface area is 172 Å². The summed E-state index contributed by atoms with van der Waals surface area (Å²) in [5, 5.41) is 2.07. The zero-order valence-electron chi connectivity index (χ0n) is 16.3. The summed E-state index contributed by atoms with van der Waals surface area (Å²) in [5.41, 5.74) is 1.05. The lowest BCUT2D eigenvalue weighted by molar-refractivity contribution is 0.0988. The number of hydrogen-bond acceptors (Lipinski definition) is 6. The molecule has 1 amide bonds. The lowest BCUT2D eigenvalue weighted by Gasteiger charge is -2.27. The minimum absolute atomic E-state index is 0.104. The Morgan fingerprint density at radius 3 is 2.90 bits per heavy atom. The Bertz CT molecular complexity index is 1190. The molecule has 5 rings (SSSR count). The number of pyridine rings is 1. The van der Waals surface area contributed by atoms with Crippen LogP contribution in [0.25, 0.3) is 10.8 Å². The van der Waals surface area contributed by atoms with Gasteiger partial charge in [0.05, 0.1) is 11.1 Å². The summed E-state index contributed by atoms with van der Waals surface area (Å²) < 4.78 is 1.55. The molecular weight excluding hydrogens is 386 g/mol. The molecule has 1 saturated heterocycles. The molecule has 3 aromatic rings. The monoisotopic (exact) mass is 407 g/mol. The van der Waals surface area contributed by atoms with E-state index in [2.05, 4.69) is 14.9 Å². The van der Waals surface area contributed by atoms with Crippen molar-refractivity contribution in [2.45, 2.75) is 24.0 Å². The van der Waals surface area contributed by atoms with Gasteiger partial charge in [-0.3, -0.25) is 9.59 Å². The van der Waals surface area contributed by atoms with Crippen LogP contribution in [0.2, 0.25) is 0 Å². The number of anilines is 2. The lowest BCUT2D eigenvalue weighted by Crippen LogP contribution is -2.40. The summed E-state index contributed by atoms with van der Waals surface area (Å²) in [7, 11) is 1.73. The second-order valence-electron chi connectivity index (χ2n) is 7.47. The first-order valence-electron chi connectivity index (χ1n) is 9.66. The van der Waals surface area contributed by atoms with Gasteiger partial charge in [0.15, 0.2) is 5.16 Å². The molecule has 0 saturated carbocycles. The zero-order chi connectivity index (χ0) is 20.1. The Kier molecular flexibility index (Phi) is 4.31. The van der Waals surface area contributed by atoms with Crippen LogP contribution >= 0.6 is 11.8 Å². The van der Waals surface area contributed by atoms with E-state index in [1.807, 2.05) is 30.5 Å². The lowest BCUT2D eigenvalue weighted by atomic mass is 10.1. The fraction of sp³-hybridized carbons (Fsp3) is 0.333. The minimum atomic E-state index is -0.152. The third-order valence-corrected chi connectivity index (χ3v) is 6.39. The number of aromatic nitrogens is 3. The molecule has 0 aliphatic carbocycles. The second-order valence-corrected chi connectivity index (χ2v) is 8.25. The molecule has 148 valence electrons. The molecule has 1 fully saturated rings. The number of fused-ring (bicyclic) bond motifs is 4. The highest BCUT2D eigenvalue weighted by Gasteiger charge is 2.38. The highest BCUT2D eigenvalue weighted by atomic mass is 32.2. The molecule has 0 bridgehead atoms. The summed E-state index contributed by atoms with van der Waals surface area (Å²) in [6, 6.07) is 7.75. The average molecular weight is 407 g/mol. The van der Waals surface area contributed by atoms with Crippen LogP contribution in [0.5, 0.6) is 0 Å². The van der Waals surface area contributed by atoms with E-state index in [-0.39, 0.29) is 17.5 Å². The maximum Gasteiger partial charge on any atom is 0.263 e. The van der Waals surface area contributed by atoms with Crippen molar-refractivity contribution >= 4 is 39.9 Å². The van der Waals surface area contributed by atoms with Crippen molar-refractivity contribution in [2.24, 2.45) is 7.05 Å². The quantitative estimate of drug-likeness (QED) is 0.481. The summed E-state index contributed by atoms with van der Waals surface area (Å²) in [6.45, 7) is 1.40. The smallest absolute Gasteiger partial charge is 0.263 e. The molecule has 0 N–H and O–H groups in total. The van der Waals surface area contributed by atoms with Gasteiger partial charge in [0.25, 0.3) is 11.5 Å². The van der Waals surface area contributed by atoms with Gasteiger partial charge in [-0.15, -0.1) is 0 Å². The molecule has 8 heteroatoms. The van der Waals surface area contributed by atoms with Gasteiger partial charge in [-0.05, 0) is 36.6 Å². The van der Waals surface area contributed by atoms with E-state index in [1.165, 1.54) is 11.8 Å². The molecule has 1 atom stereocenters. The third-order valence-electron chi connectivity index (χ3n) is 5.82. The van der Waals surface area contributed by atoms with Crippen LogP contribution in [-0.2, 0) is 7.05 Å². The summed E-state index contributed by atoms with van der Waals surface area (Å²) in [5.74, 6) is 0.563. The van der Waals surface area contributed by atoms with Crippen molar-refractivity contribution in [2.75, 3.05) is 29.1 Å². The summed E-state index contributed by atoms with van der Waals surface area (Å²) in [6.07, 6.45) is 7.37. The number of rotatable bonds is 2. The van der Waals surface area contributed by atoms with Crippen LogP contribution in [0.1, 0.15) is 23.2 Å². The van der Waals surface area contributed by atoms with Crippen LogP contribution in [0.15, 0.2) is 46.6 Å². The largest absolute Gasteiger partial charge is 0.351 e. The van der Waals surface area contributed by atoms with Gasteiger partial charge < -0.3 is 14.4 Å². The van der Waals surface area contributed by atoms with Gasteiger partial charge in [0.2, 0.25) is 0 Å². The molecule has 2 aliphatic rings. The first kappa shape index (κ1) is 18.2. The number of carbonyl (C=O) groups is 1. The third kappa shape index (κ3) is 2.81. The number of nitrogens with zero attached hydrogens (tertiary/aromatic N) is 5. The van der Waals surface area contributed by atoms with E-state index >= 15 is 0 Å². The molecule has 4 heterocycles. The van der Waals surface area contributed by atoms with Crippen LogP contribution < -0.4 is 15.4 Å². The predicted octanol–water partition coefficient (Wildman–Crippen LogP) is 2.68. The van der Waals surface area contributed by atoms with Gasteiger partial charge in [0.1, 0.15) is 11.4 Å². The molecule has 2 aromatic heterocycles.